The van der Waals surface area contributed by atoms with Crippen molar-refractivity contribution in [2.45, 2.75) is 58.4 Å². The van der Waals surface area contributed by atoms with Crippen LogP contribution in [0.15, 0.2) is 18.2 Å². The maximum absolute atomic E-state index is 12.3. The average Bonchev–Trinajstić information content (AvgIpc) is 2.99. The Morgan fingerprint density at radius 2 is 1.88 bits per heavy atom. The average molecular weight is 353 g/mol. The summed E-state index contributed by atoms with van der Waals surface area (Å²) in [5, 5.41) is 2.97. The van der Waals surface area contributed by atoms with Crippen molar-refractivity contribution >= 4 is 24.1 Å². The Morgan fingerprint density at radius 3 is 2.50 bits per heavy atom. The first-order valence-corrected chi connectivity index (χ1v) is 8.52. The van der Waals surface area contributed by atoms with E-state index >= 15 is 0 Å². The van der Waals surface area contributed by atoms with Crippen LogP contribution >= 0.6 is 12.4 Å². The Bertz CT molecular complexity index is 601. The van der Waals surface area contributed by atoms with Gasteiger partial charge in [-0.2, -0.15) is 0 Å². The molecule has 1 aromatic carbocycles. The van der Waals surface area contributed by atoms with E-state index in [4.69, 9.17) is 5.73 Å². The molecule has 3 N–H and O–H groups in total. The monoisotopic (exact) mass is 352 g/mol. The Balaban J connectivity index is 0.00000288. The van der Waals surface area contributed by atoms with E-state index in [2.05, 4.69) is 11.4 Å². The number of halogens is 1. The molecule has 0 saturated carbocycles. The third kappa shape index (κ3) is 4.81. The van der Waals surface area contributed by atoms with Crippen LogP contribution in [-0.4, -0.2) is 23.8 Å². The molecule has 1 aliphatic rings. The van der Waals surface area contributed by atoms with Gasteiger partial charge in [0.1, 0.15) is 0 Å². The molecule has 1 aromatic rings. The highest BCUT2D eigenvalue weighted by Gasteiger charge is 2.28. The van der Waals surface area contributed by atoms with Crippen LogP contribution in [0.25, 0.3) is 0 Å². The smallest absolute Gasteiger partial charge is 0.220 e. The molecule has 0 heterocycles. The first-order valence-electron chi connectivity index (χ1n) is 8.52. The highest BCUT2D eigenvalue weighted by atomic mass is 35.5. The van der Waals surface area contributed by atoms with E-state index in [9.17, 15) is 9.59 Å². The van der Waals surface area contributed by atoms with E-state index in [0.29, 0.717) is 6.54 Å². The molecule has 1 aliphatic carbocycles. The Hall–Kier alpha value is -1.39. The molecular weight excluding hydrogens is 324 g/mol. The van der Waals surface area contributed by atoms with Crippen molar-refractivity contribution in [2.75, 3.05) is 6.54 Å². The summed E-state index contributed by atoms with van der Waals surface area (Å²) < 4.78 is 0. The van der Waals surface area contributed by atoms with Crippen LogP contribution in [0.3, 0.4) is 0 Å². The quantitative estimate of drug-likeness (QED) is 0.741. The molecule has 24 heavy (non-hydrogen) atoms. The van der Waals surface area contributed by atoms with Crippen LogP contribution in [-0.2, 0) is 17.6 Å². The minimum absolute atomic E-state index is 0. The van der Waals surface area contributed by atoms with E-state index in [0.717, 1.165) is 18.4 Å². The van der Waals surface area contributed by atoms with Crippen LogP contribution < -0.4 is 11.1 Å². The molecule has 0 radical (unpaired) electrons. The van der Waals surface area contributed by atoms with E-state index in [-0.39, 0.29) is 42.9 Å². The lowest BCUT2D eigenvalue weighted by Crippen LogP contribution is -2.55. The number of hydrogen-bond donors (Lipinski definition) is 2. The van der Waals surface area contributed by atoms with Crippen molar-refractivity contribution < 1.29 is 9.59 Å². The van der Waals surface area contributed by atoms with Crippen LogP contribution in [0.2, 0.25) is 0 Å². The van der Waals surface area contributed by atoms with Gasteiger partial charge in [0.25, 0.3) is 0 Å². The number of fused-ring (bicyclic) bond motifs is 1. The summed E-state index contributed by atoms with van der Waals surface area (Å²) in [7, 11) is 0. The van der Waals surface area contributed by atoms with Crippen LogP contribution in [0.4, 0.5) is 0 Å². The maximum atomic E-state index is 12.3. The molecular formula is C19H29ClN2O2. The molecule has 0 aliphatic heterocycles. The SMILES string of the molecule is CC(C)C(C)(CN)NC(=O)CCC(=O)c1ccc2c(c1)CCC2.Cl. The topological polar surface area (TPSA) is 72.2 Å². The molecule has 134 valence electrons. The summed E-state index contributed by atoms with van der Waals surface area (Å²) in [6.45, 7) is 6.39. The minimum atomic E-state index is -0.423. The molecule has 2 rings (SSSR count). The van der Waals surface area contributed by atoms with E-state index < -0.39 is 5.54 Å². The van der Waals surface area contributed by atoms with Gasteiger partial charge in [-0.05, 0) is 49.3 Å². The van der Waals surface area contributed by atoms with Crippen molar-refractivity contribution in [3.05, 3.63) is 34.9 Å². The normalized spacial score (nSPS) is 15.4. The molecule has 1 atom stereocenters. The number of aryl methyl sites for hydroxylation is 2. The first-order chi connectivity index (χ1) is 10.9. The van der Waals surface area contributed by atoms with Gasteiger partial charge in [0.15, 0.2) is 5.78 Å². The van der Waals surface area contributed by atoms with Gasteiger partial charge >= 0.3 is 0 Å². The Labute approximate surface area is 151 Å². The molecule has 4 nitrogen and oxygen atoms in total. The van der Waals surface area contributed by atoms with Crippen molar-refractivity contribution in [2.24, 2.45) is 11.7 Å². The van der Waals surface area contributed by atoms with Gasteiger partial charge in [0.05, 0.1) is 5.54 Å². The minimum Gasteiger partial charge on any atom is -0.349 e. The number of carbonyl (C=O) groups excluding carboxylic acids is 2. The zero-order chi connectivity index (χ0) is 17.0. The molecule has 5 heteroatoms. The fourth-order valence-corrected chi connectivity index (χ4v) is 2.93. The largest absolute Gasteiger partial charge is 0.349 e. The molecule has 0 bridgehead atoms. The van der Waals surface area contributed by atoms with Crippen molar-refractivity contribution in [1.29, 1.82) is 0 Å². The van der Waals surface area contributed by atoms with Gasteiger partial charge in [-0.25, -0.2) is 0 Å². The summed E-state index contributed by atoms with van der Waals surface area (Å²) >= 11 is 0. The summed E-state index contributed by atoms with van der Waals surface area (Å²) in [6, 6.07) is 5.95. The molecule has 1 amide bonds. The van der Waals surface area contributed by atoms with Crippen molar-refractivity contribution in [1.82, 2.24) is 5.32 Å². The molecule has 0 saturated heterocycles. The van der Waals surface area contributed by atoms with Gasteiger partial charge in [-0.15, -0.1) is 12.4 Å². The number of nitrogens with two attached hydrogens (primary N) is 1. The molecule has 0 fully saturated rings. The van der Waals surface area contributed by atoms with Gasteiger partial charge in [0, 0.05) is 24.9 Å². The second-order valence-electron chi connectivity index (χ2n) is 7.08. The molecule has 0 aromatic heterocycles. The van der Waals surface area contributed by atoms with Gasteiger partial charge in [-0.1, -0.05) is 26.0 Å². The predicted molar refractivity (Wildman–Crippen MR) is 99.7 cm³/mol. The van der Waals surface area contributed by atoms with Crippen LogP contribution in [0, 0.1) is 5.92 Å². The zero-order valence-corrected chi connectivity index (χ0v) is 15.7. The third-order valence-electron chi connectivity index (χ3n) is 5.12. The number of hydrogen-bond acceptors (Lipinski definition) is 3. The third-order valence-corrected chi connectivity index (χ3v) is 5.12. The number of carbonyl (C=O) groups is 2. The first kappa shape index (κ1) is 20.7. The summed E-state index contributed by atoms with van der Waals surface area (Å²) in [5.41, 5.74) is 8.72. The van der Waals surface area contributed by atoms with Crippen LogP contribution in [0.1, 0.15) is 61.5 Å². The highest BCUT2D eigenvalue weighted by molar-refractivity contribution is 5.98. The number of rotatable bonds is 7. The Kier molecular flexibility index (Phi) is 7.43. The predicted octanol–water partition coefficient (Wildman–Crippen LogP) is 3.05. The summed E-state index contributed by atoms with van der Waals surface area (Å²) in [4.78, 5) is 24.4. The summed E-state index contributed by atoms with van der Waals surface area (Å²) in [6.07, 6.45) is 3.78. The lowest BCUT2D eigenvalue weighted by atomic mass is 9.88. The number of benzene rings is 1. The lowest BCUT2D eigenvalue weighted by molar-refractivity contribution is -0.123. The molecule has 0 spiro atoms. The maximum Gasteiger partial charge on any atom is 0.220 e. The van der Waals surface area contributed by atoms with Crippen LogP contribution in [0.5, 0.6) is 0 Å². The van der Waals surface area contributed by atoms with Gasteiger partial charge in [-0.3, -0.25) is 9.59 Å². The van der Waals surface area contributed by atoms with Crippen molar-refractivity contribution in [3.8, 4) is 0 Å². The standard InChI is InChI=1S/C19H28N2O2.ClH/c1-13(2)19(3,12-20)21-18(23)10-9-17(22)16-8-7-14-5-4-6-15(14)11-16;/h7-8,11,13H,4-6,9-10,12,20H2,1-3H3,(H,21,23);1H. The van der Waals surface area contributed by atoms with Gasteiger partial charge in [0.2, 0.25) is 5.91 Å². The highest BCUT2D eigenvalue weighted by Crippen LogP contribution is 2.23. The number of Topliss-reactive ketones (excluding diaryl/α,β-unsaturated/α-hetero) is 1. The number of amides is 1. The number of nitrogens with one attached hydrogen (secondary N) is 1. The summed E-state index contributed by atoms with van der Waals surface area (Å²) in [5.74, 6) is 0.166. The molecule has 1 unspecified atom stereocenters. The van der Waals surface area contributed by atoms with E-state index in [1.165, 1.54) is 17.5 Å². The van der Waals surface area contributed by atoms with Crippen molar-refractivity contribution in [3.63, 3.8) is 0 Å². The lowest BCUT2D eigenvalue weighted by Gasteiger charge is -2.33. The fraction of sp³-hybridized carbons (Fsp3) is 0.579. The zero-order valence-electron chi connectivity index (χ0n) is 14.9. The van der Waals surface area contributed by atoms with E-state index in [1.807, 2.05) is 32.9 Å². The second kappa shape index (κ2) is 8.63. The Morgan fingerprint density at radius 1 is 1.21 bits per heavy atom. The number of ketones is 1. The van der Waals surface area contributed by atoms with Gasteiger partial charge < -0.3 is 11.1 Å². The second-order valence-corrected chi connectivity index (χ2v) is 7.08. The van der Waals surface area contributed by atoms with E-state index in [1.54, 1.807) is 0 Å². The fourth-order valence-electron chi connectivity index (χ4n) is 2.93.